The van der Waals surface area contributed by atoms with Crippen LogP contribution in [0.5, 0.6) is 0 Å². The van der Waals surface area contributed by atoms with Crippen LogP contribution in [0.3, 0.4) is 0 Å². The van der Waals surface area contributed by atoms with Gasteiger partial charge in [-0.25, -0.2) is 9.97 Å². The van der Waals surface area contributed by atoms with Gasteiger partial charge in [-0.2, -0.15) is 0 Å². The third-order valence-corrected chi connectivity index (χ3v) is 3.50. The van der Waals surface area contributed by atoms with Gasteiger partial charge in [0.2, 0.25) is 0 Å². The van der Waals surface area contributed by atoms with Crippen LogP contribution in [0.15, 0.2) is 12.4 Å². The van der Waals surface area contributed by atoms with Crippen molar-refractivity contribution in [3.8, 4) is 0 Å². The van der Waals surface area contributed by atoms with Gasteiger partial charge in [0, 0.05) is 31.9 Å². The molecule has 7 heteroatoms. The van der Waals surface area contributed by atoms with Crippen molar-refractivity contribution in [2.45, 2.75) is 25.7 Å². The van der Waals surface area contributed by atoms with Crippen LogP contribution in [0.25, 0.3) is 0 Å². The first-order valence-electron chi connectivity index (χ1n) is 6.65. The van der Waals surface area contributed by atoms with Crippen LogP contribution in [0, 0.1) is 5.92 Å². The van der Waals surface area contributed by atoms with E-state index in [4.69, 9.17) is 10.8 Å². The van der Waals surface area contributed by atoms with Gasteiger partial charge in [0.15, 0.2) is 11.5 Å². The van der Waals surface area contributed by atoms with Crippen molar-refractivity contribution in [3.63, 3.8) is 0 Å². The number of nitrogens with zero attached hydrogens (tertiary/aromatic N) is 3. The second kappa shape index (κ2) is 6.31. The highest BCUT2D eigenvalue weighted by molar-refractivity contribution is 5.95. The molecule has 0 bridgehead atoms. The lowest BCUT2D eigenvalue weighted by molar-refractivity contribution is -0.137. The second-order valence-corrected chi connectivity index (χ2v) is 4.98. The number of anilines is 1. The molecule has 0 radical (unpaired) electrons. The van der Waals surface area contributed by atoms with Crippen molar-refractivity contribution in [1.29, 1.82) is 0 Å². The number of carboxylic acid groups (broad SMARTS) is 1. The molecule has 1 atom stereocenters. The fraction of sp³-hybridized carbons (Fsp3) is 0.538. The number of hydrogen-bond acceptors (Lipinski definition) is 5. The molecule has 1 aromatic rings. The molecular weight excluding hydrogens is 260 g/mol. The highest BCUT2D eigenvalue weighted by Gasteiger charge is 2.24. The molecule has 20 heavy (non-hydrogen) atoms. The number of carboxylic acids is 1. The fourth-order valence-electron chi connectivity index (χ4n) is 2.56. The molecule has 2 heterocycles. The Morgan fingerprint density at radius 1 is 1.40 bits per heavy atom. The van der Waals surface area contributed by atoms with Crippen LogP contribution in [-0.2, 0) is 4.79 Å². The number of carbonyl (C=O) groups excluding carboxylic acids is 1. The zero-order chi connectivity index (χ0) is 14.5. The molecule has 0 spiro atoms. The van der Waals surface area contributed by atoms with Gasteiger partial charge in [0.05, 0.1) is 0 Å². The van der Waals surface area contributed by atoms with Crippen LogP contribution in [0.4, 0.5) is 5.82 Å². The van der Waals surface area contributed by atoms with Gasteiger partial charge in [0.25, 0.3) is 5.91 Å². The summed E-state index contributed by atoms with van der Waals surface area (Å²) < 4.78 is 0. The average molecular weight is 278 g/mol. The van der Waals surface area contributed by atoms with E-state index in [0.717, 1.165) is 19.4 Å². The number of rotatable bonds is 5. The molecule has 0 aliphatic carbocycles. The van der Waals surface area contributed by atoms with E-state index in [1.54, 1.807) is 0 Å². The summed E-state index contributed by atoms with van der Waals surface area (Å²) >= 11 is 0. The molecule has 0 aromatic carbocycles. The maximum absolute atomic E-state index is 11.4. The Morgan fingerprint density at radius 3 is 2.85 bits per heavy atom. The van der Waals surface area contributed by atoms with Crippen LogP contribution < -0.4 is 10.6 Å². The van der Waals surface area contributed by atoms with Crippen LogP contribution in [-0.4, -0.2) is 40.0 Å². The first kappa shape index (κ1) is 14.2. The van der Waals surface area contributed by atoms with Crippen molar-refractivity contribution >= 4 is 17.7 Å². The molecular formula is C13H18N4O3. The lowest BCUT2D eigenvalue weighted by Crippen LogP contribution is -2.37. The van der Waals surface area contributed by atoms with Crippen LogP contribution in [0.1, 0.15) is 36.2 Å². The summed E-state index contributed by atoms with van der Waals surface area (Å²) in [6.45, 7) is 1.47. The molecule has 1 fully saturated rings. The normalized spacial score (nSPS) is 18.8. The van der Waals surface area contributed by atoms with E-state index in [2.05, 4.69) is 9.97 Å². The molecule has 1 aromatic heterocycles. The standard InChI is InChI=1S/C13H18N4O3/c14-12(20)11-13(16-6-5-15-11)17-7-1-2-9(8-17)3-4-10(18)19/h5-6,9H,1-4,7-8H2,(H2,14,20)(H,18,19). The lowest BCUT2D eigenvalue weighted by atomic mass is 9.93. The number of aromatic nitrogens is 2. The smallest absolute Gasteiger partial charge is 0.303 e. The number of hydrogen-bond donors (Lipinski definition) is 2. The number of primary amides is 1. The van der Waals surface area contributed by atoms with Gasteiger partial charge in [-0.3, -0.25) is 9.59 Å². The molecule has 1 amide bonds. The van der Waals surface area contributed by atoms with Crippen LogP contribution in [0.2, 0.25) is 0 Å². The largest absolute Gasteiger partial charge is 0.481 e. The van der Waals surface area contributed by atoms with E-state index in [1.165, 1.54) is 12.4 Å². The maximum atomic E-state index is 11.4. The Hall–Kier alpha value is -2.18. The Labute approximate surface area is 116 Å². The van der Waals surface area contributed by atoms with E-state index in [9.17, 15) is 9.59 Å². The van der Waals surface area contributed by atoms with Gasteiger partial charge in [-0.1, -0.05) is 0 Å². The summed E-state index contributed by atoms with van der Waals surface area (Å²) in [5, 5.41) is 8.75. The van der Waals surface area contributed by atoms with Gasteiger partial charge in [0.1, 0.15) is 0 Å². The number of nitrogens with two attached hydrogens (primary N) is 1. The summed E-state index contributed by atoms with van der Waals surface area (Å²) in [6.07, 6.45) is 5.72. The van der Waals surface area contributed by atoms with Crippen molar-refractivity contribution in [2.75, 3.05) is 18.0 Å². The number of piperidine rings is 1. The summed E-state index contributed by atoms with van der Waals surface area (Å²) in [7, 11) is 0. The molecule has 1 unspecified atom stereocenters. The summed E-state index contributed by atoms with van der Waals surface area (Å²) in [6, 6.07) is 0. The van der Waals surface area contributed by atoms with Gasteiger partial charge in [-0.05, 0) is 25.2 Å². The maximum Gasteiger partial charge on any atom is 0.303 e. The summed E-state index contributed by atoms with van der Waals surface area (Å²) in [5.74, 6) is -0.581. The fourth-order valence-corrected chi connectivity index (χ4v) is 2.56. The molecule has 2 rings (SSSR count). The second-order valence-electron chi connectivity index (χ2n) is 4.98. The minimum atomic E-state index is -0.778. The van der Waals surface area contributed by atoms with Crippen molar-refractivity contribution in [2.24, 2.45) is 11.7 Å². The van der Waals surface area contributed by atoms with Crippen LogP contribution >= 0.6 is 0 Å². The van der Waals surface area contributed by atoms with Gasteiger partial charge in [-0.15, -0.1) is 0 Å². The molecule has 7 nitrogen and oxygen atoms in total. The molecule has 0 saturated carbocycles. The first-order valence-corrected chi connectivity index (χ1v) is 6.65. The highest BCUT2D eigenvalue weighted by atomic mass is 16.4. The zero-order valence-electron chi connectivity index (χ0n) is 11.2. The number of carbonyl (C=O) groups is 2. The van der Waals surface area contributed by atoms with E-state index in [1.807, 2.05) is 4.90 Å². The van der Waals surface area contributed by atoms with E-state index in [-0.39, 0.29) is 12.1 Å². The predicted molar refractivity (Wildman–Crippen MR) is 72.4 cm³/mol. The van der Waals surface area contributed by atoms with E-state index >= 15 is 0 Å². The minimum absolute atomic E-state index is 0.168. The van der Waals surface area contributed by atoms with Crippen molar-refractivity contribution in [1.82, 2.24) is 9.97 Å². The number of amides is 1. The zero-order valence-corrected chi connectivity index (χ0v) is 11.2. The van der Waals surface area contributed by atoms with E-state index in [0.29, 0.717) is 24.7 Å². The predicted octanol–water partition coefficient (Wildman–Crippen LogP) is 0.657. The quantitative estimate of drug-likeness (QED) is 0.818. The SMILES string of the molecule is NC(=O)c1nccnc1N1CCCC(CCC(=O)O)C1. The Bertz CT molecular complexity index is 506. The average Bonchev–Trinajstić information content (AvgIpc) is 2.45. The van der Waals surface area contributed by atoms with Crippen molar-refractivity contribution < 1.29 is 14.7 Å². The first-order chi connectivity index (χ1) is 9.58. The van der Waals surface area contributed by atoms with E-state index < -0.39 is 11.9 Å². The van der Waals surface area contributed by atoms with Gasteiger partial charge >= 0.3 is 5.97 Å². The van der Waals surface area contributed by atoms with Crippen molar-refractivity contribution in [3.05, 3.63) is 18.1 Å². The summed E-state index contributed by atoms with van der Waals surface area (Å²) in [4.78, 5) is 32.2. The Kier molecular flexibility index (Phi) is 4.49. The molecule has 1 saturated heterocycles. The number of aliphatic carboxylic acids is 1. The molecule has 3 N–H and O–H groups in total. The third kappa shape index (κ3) is 3.43. The molecule has 108 valence electrons. The molecule has 1 aliphatic heterocycles. The topological polar surface area (TPSA) is 109 Å². The Morgan fingerprint density at radius 2 is 2.15 bits per heavy atom. The lowest BCUT2D eigenvalue weighted by Gasteiger charge is -2.33. The highest BCUT2D eigenvalue weighted by Crippen LogP contribution is 2.25. The van der Waals surface area contributed by atoms with Gasteiger partial charge < -0.3 is 15.7 Å². The minimum Gasteiger partial charge on any atom is -0.481 e. The third-order valence-electron chi connectivity index (χ3n) is 3.50. The molecule has 1 aliphatic rings. The Balaban J connectivity index is 2.09. The monoisotopic (exact) mass is 278 g/mol. The summed E-state index contributed by atoms with van der Waals surface area (Å²) in [5.41, 5.74) is 5.48.